The maximum Gasteiger partial charge on any atom is 0.408 e. The van der Waals surface area contributed by atoms with E-state index in [1.54, 1.807) is 41.5 Å². The van der Waals surface area contributed by atoms with Gasteiger partial charge in [-0.1, -0.05) is 0 Å². The Hall–Kier alpha value is -0.980. The molecular weight excluding hydrogens is 309 g/mol. The zero-order chi connectivity index (χ0) is 17.4. The van der Waals surface area contributed by atoms with Crippen LogP contribution in [-0.4, -0.2) is 47.5 Å². The average Bonchev–Trinajstić information content (AvgIpc) is 2.28. The lowest BCUT2D eigenvalue weighted by Crippen LogP contribution is -2.46. The highest BCUT2D eigenvalue weighted by atomic mass is 32.2. The summed E-state index contributed by atoms with van der Waals surface area (Å²) in [4.78, 5) is 24.0. The van der Waals surface area contributed by atoms with Gasteiger partial charge < -0.3 is 14.8 Å². The summed E-state index contributed by atoms with van der Waals surface area (Å²) in [5.74, 6) is 0.399. The Morgan fingerprint density at radius 3 is 2.05 bits per heavy atom. The van der Waals surface area contributed by atoms with Crippen LogP contribution in [0.5, 0.6) is 0 Å². The van der Waals surface area contributed by atoms with E-state index in [-0.39, 0.29) is 0 Å². The van der Waals surface area contributed by atoms with Crippen LogP contribution in [0.25, 0.3) is 0 Å². The monoisotopic (exact) mass is 337 g/mol. The number of hydrogen-bond donors (Lipinski definition) is 1. The van der Waals surface area contributed by atoms with Crippen molar-refractivity contribution in [2.24, 2.45) is 0 Å². The number of alkyl halides is 1. The van der Waals surface area contributed by atoms with Gasteiger partial charge in [-0.05, 0) is 53.7 Å². The van der Waals surface area contributed by atoms with E-state index < -0.39 is 36.0 Å². The number of esters is 1. The number of carbonyl (C=O) groups excluding carboxylic acids is 2. The Morgan fingerprint density at radius 1 is 1.05 bits per heavy atom. The number of amides is 1. The molecule has 0 spiro atoms. The number of nitrogens with one attached hydrogen (secondary N) is 1. The van der Waals surface area contributed by atoms with Gasteiger partial charge in [0, 0.05) is 5.75 Å². The van der Waals surface area contributed by atoms with Crippen LogP contribution in [0, 0.1) is 0 Å². The van der Waals surface area contributed by atoms with Gasteiger partial charge >= 0.3 is 12.1 Å². The van der Waals surface area contributed by atoms with Crippen molar-refractivity contribution in [2.45, 2.75) is 65.2 Å². The van der Waals surface area contributed by atoms with E-state index in [0.717, 1.165) is 0 Å². The van der Waals surface area contributed by atoms with Crippen molar-refractivity contribution < 1.29 is 23.5 Å². The molecule has 7 heteroatoms. The Labute approximate surface area is 136 Å². The summed E-state index contributed by atoms with van der Waals surface area (Å²) in [5, 5.41) is 2.53. The van der Waals surface area contributed by atoms with E-state index >= 15 is 0 Å². The molecule has 0 fully saturated rings. The topological polar surface area (TPSA) is 64.6 Å². The van der Waals surface area contributed by atoms with Crippen molar-refractivity contribution >= 4 is 23.8 Å². The molecule has 0 aromatic rings. The van der Waals surface area contributed by atoms with Crippen LogP contribution in [-0.2, 0) is 14.3 Å². The molecule has 1 N–H and O–H groups in total. The summed E-state index contributed by atoms with van der Waals surface area (Å²) in [7, 11) is 0. The third-order valence-electron chi connectivity index (χ3n) is 2.15. The highest BCUT2D eigenvalue weighted by molar-refractivity contribution is 7.99. The first-order chi connectivity index (χ1) is 9.94. The van der Waals surface area contributed by atoms with E-state index in [0.29, 0.717) is 17.9 Å². The Balaban J connectivity index is 4.64. The van der Waals surface area contributed by atoms with Crippen molar-refractivity contribution in [3.8, 4) is 0 Å². The third-order valence-corrected chi connectivity index (χ3v) is 3.12. The molecule has 0 rings (SSSR count). The van der Waals surface area contributed by atoms with Crippen LogP contribution < -0.4 is 5.32 Å². The van der Waals surface area contributed by atoms with Gasteiger partial charge in [0.1, 0.15) is 17.2 Å². The molecule has 5 nitrogen and oxygen atoms in total. The number of thioether (sulfide) groups is 1. The minimum absolute atomic E-state index is 0.360. The lowest BCUT2D eigenvalue weighted by molar-refractivity contribution is -0.157. The molecule has 0 bridgehead atoms. The molecule has 130 valence electrons. The summed E-state index contributed by atoms with van der Waals surface area (Å²) in [6.45, 7) is 10.1. The van der Waals surface area contributed by atoms with E-state index in [2.05, 4.69) is 5.32 Å². The van der Waals surface area contributed by atoms with Gasteiger partial charge in [-0.2, -0.15) is 11.8 Å². The Morgan fingerprint density at radius 2 is 1.59 bits per heavy atom. The molecule has 1 atom stereocenters. The van der Waals surface area contributed by atoms with E-state index in [1.165, 1.54) is 11.8 Å². The van der Waals surface area contributed by atoms with Crippen LogP contribution >= 0.6 is 11.8 Å². The van der Waals surface area contributed by atoms with E-state index in [9.17, 15) is 14.0 Å². The number of hydrogen-bond acceptors (Lipinski definition) is 5. The van der Waals surface area contributed by atoms with Crippen molar-refractivity contribution in [2.75, 3.05) is 18.2 Å². The van der Waals surface area contributed by atoms with E-state index in [4.69, 9.17) is 9.47 Å². The summed E-state index contributed by atoms with van der Waals surface area (Å²) in [6, 6.07) is -0.804. The first-order valence-corrected chi connectivity index (χ1v) is 8.46. The molecule has 0 radical (unpaired) electrons. The fraction of sp³-hybridized carbons (Fsp3) is 0.867. The summed E-state index contributed by atoms with van der Waals surface area (Å²) in [6.07, 6.45) is -0.308. The van der Waals surface area contributed by atoms with Gasteiger partial charge in [-0.25, -0.2) is 9.59 Å². The molecule has 1 amide bonds. The molecule has 0 heterocycles. The van der Waals surface area contributed by atoms with Gasteiger partial charge in [0.15, 0.2) is 0 Å². The fourth-order valence-corrected chi connectivity index (χ4v) is 2.15. The molecule has 0 aromatic carbocycles. The summed E-state index contributed by atoms with van der Waals surface area (Å²) in [5.41, 5.74) is -1.29. The number of carbonyl (C=O) groups is 2. The number of halogens is 1. The lowest BCUT2D eigenvalue weighted by Gasteiger charge is -2.26. The van der Waals surface area contributed by atoms with Crippen LogP contribution in [0.15, 0.2) is 0 Å². The second kappa shape index (κ2) is 9.22. The highest BCUT2D eigenvalue weighted by Gasteiger charge is 2.28. The largest absolute Gasteiger partial charge is 0.458 e. The van der Waals surface area contributed by atoms with Gasteiger partial charge in [-0.15, -0.1) is 0 Å². The second-order valence-electron chi connectivity index (χ2n) is 6.82. The van der Waals surface area contributed by atoms with Gasteiger partial charge in [0.2, 0.25) is 0 Å². The quantitative estimate of drug-likeness (QED) is 0.570. The maximum atomic E-state index is 12.1. The van der Waals surface area contributed by atoms with E-state index in [1.807, 2.05) is 0 Å². The van der Waals surface area contributed by atoms with Crippen molar-refractivity contribution in [3.63, 3.8) is 0 Å². The minimum Gasteiger partial charge on any atom is -0.458 e. The molecule has 0 saturated carbocycles. The third kappa shape index (κ3) is 11.7. The molecule has 22 heavy (non-hydrogen) atoms. The van der Waals surface area contributed by atoms with Crippen molar-refractivity contribution in [3.05, 3.63) is 0 Å². The smallest absolute Gasteiger partial charge is 0.408 e. The van der Waals surface area contributed by atoms with Gasteiger partial charge in [0.25, 0.3) is 0 Å². The van der Waals surface area contributed by atoms with Crippen LogP contribution in [0.4, 0.5) is 9.18 Å². The number of rotatable bonds is 7. The van der Waals surface area contributed by atoms with Crippen LogP contribution in [0.3, 0.4) is 0 Å². The second-order valence-corrected chi connectivity index (χ2v) is 8.05. The zero-order valence-corrected chi connectivity index (χ0v) is 15.1. The standard InChI is InChI=1S/C15H28FNO4S/c1-14(2,3)20-12(18)11(7-9-22-10-8-16)17-13(19)21-15(4,5)6/h11H,7-10H2,1-6H3,(H,17,19)/t11-/m0/s1. The first-order valence-electron chi connectivity index (χ1n) is 7.30. The molecule has 0 aliphatic rings. The minimum atomic E-state index is -0.804. The first kappa shape index (κ1) is 21.0. The predicted octanol–water partition coefficient (Wildman–Crippen LogP) is 3.31. The summed E-state index contributed by atoms with van der Waals surface area (Å²) < 4.78 is 22.5. The van der Waals surface area contributed by atoms with Crippen molar-refractivity contribution in [1.82, 2.24) is 5.32 Å². The SMILES string of the molecule is CC(C)(C)OC(=O)N[C@@H](CCSCCF)C(=O)OC(C)(C)C. The Kier molecular flexibility index (Phi) is 8.81. The molecule has 0 aromatic heterocycles. The summed E-state index contributed by atoms with van der Waals surface area (Å²) >= 11 is 1.38. The lowest BCUT2D eigenvalue weighted by atomic mass is 10.1. The Bertz CT molecular complexity index is 364. The maximum absolute atomic E-state index is 12.1. The molecule has 0 saturated heterocycles. The molecule has 0 aliphatic heterocycles. The molecular formula is C15H28FNO4S. The van der Waals surface area contributed by atoms with Crippen LogP contribution in [0.2, 0.25) is 0 Å². The normalized spacial score (nSPS) is 13.4. The number of alkyl carbamates (subject to hydrolysis) is 1. The zero-order valence-electron chi connectivity index (χ0n) is 14.3. The fourth-order valence-electron chi connectivity index (χ4n) is 1.43. The van der Waals surface area contributed by atoms with Gasteiger partial charge in [0.05, 0.1) is 6.67 Å². The van der Waals surface area contributed by atoms with Gasteiger partial charge in [-0.3, -0.25) is 4.39 Å². The van der Waals surface area contributed by atoms with Crippen LogP contribution in [0.1, 0.15) is 48.0 Å². The predicted molar refractivity (Wildman–Crippen MR) is 86.9 cm³/mol. The van der Waals surface area contributed by atoms with Crippen molar-refractivity contribution in [1.29, 1.82) is 0 Å². The number of ether oxygens (including phenoxy) is 2. The highest BCUT2D eigenvalue weighted by Crippen LogP contribution is 2.13. The molecule has 0 aliphatic carbocycles. The average molecular weight is 337 g/mol. The molecule has 0 unspecified atom stereocenters.